The van der Waals surface area contributed by atoms with Crippen LogP contribution in [0.4, 0.5) is 5.69 Å². The third kappa shape index (κ3) is 4.95. The molecule has 1 aromatic carbocycles. The molecular weight excluding hydrogens is 250 g/mol. The van der Waals surface area contributed by atoms with E-state index in [1.54, 1.807) is 6.07 Å². The van der Waals surface area contributed by atoms with Crippen molar-refractivity contribution in [3.63, 3.8) is 0 Å². The van der Waals surface area contributed by atoms with Crippen molar-refractivity contribution in [3.8, 4) is 5.75 Å². The summed E-state index contributed by atoms with van der Waals surface area (Å²) < 4.78 is 5.38. The van der Waals surface area contributed by atoms with Crippen molar-refractivity contribution in [1.82, 2.24) is 0 Å². The predicted octanol–water partition coefficient (Wildman–Crippen LogP) is 2.65. The molecule has 104 valence electrons. The molecule has 0 saturated carbocycles. The Morgan fingerprint density at radius 1 is 1.47 bits per heavy atom. The van der Waals surface area contributed by atoms with Gasteiger partial charge >= 0.3 is 11.7 Å². The first-order chi connectivity index (χ1) is 8.90. The molecule has 0 aliphatic heterocycles. The Kier molecular flexibility index (Phi) is 5.29. The van der Waals surface area contributed by atoms with Gasteiger partial charge in [0.1, 0.15) is 0 Å². The maximum absolute atomic E-state index is 11.0. The summed E-state index contributed by atoms with van der Waals surface area (Å²) >= 11 is 0. The number of benzene rings is 1. The van der Waals surface area contributed by atoms with Crippen molar-refractivity contribution in [1.29, 1.82) is 0 Å². The lowest BCUT2D eigenvalue weighted by Gasteiger charge is -2.09. The largest absolute Gasteiger partial charge is 0.487 e. The van der Waals surface area contributed by atoms with Gasteiger partial charge in [-0.05, 0) is 24.0 Å². The van der Waals surface area contributed by atoms with Crippen LogP contribution in [-0.2, 0) is 11.2 Å². The molecule has 6 heteroatoms. The van der Waals surface area contributed by atoms with E-state index in [0.717, 1.165) is 0 Å². The fourth-order valence-corrected chi connectivity index (χ4v) is 1.49. The number of carboxylic acid groups (broad SMARTS) is 1. The second kappa shape index (κ2) is 6.72. The predicted molar refractivity (Wildman–Crippen MR) is 69.4 cm³/mol. The van der Waals surface area contributed by atoms with Gasteiger partial charge in [0.2, 0.25) is 0 Å². The van der Waals surface area contributed by atoms with Crippen LogP contribution in [-0.4, -0.2) is 22.6 Å². The number of nitro groups is 1. The first kappa shape index (κ1) is 14.9. The first-order valence-electron chi connectivity index (χ1n) is 6.02. The van der Waals surface area contributed by atoms with E-state index in [2.05, 4.69) is 0 Å². The highest BCUT2D eigenvalue weighted by Gasteiger charge is 2.16. The minimum Gasteiger partial charge on any atom is -0.487 e. The lowest BCUT2D eigenvalue weighted by Crippen LogP contribution is -2.06. The number of nitrogens with zero attached hydrogens (tertiary/aromatic N) is 1. The Balaban J connectivity index is 2.88. The van der Waals surface area contributed by atoms with Gasteiger partial charge in [0.15, 0.2) is 5.75 Å². The van der Waals surface area contributed by atoms with Gasteiger partial charge in [0.25, 0.3) is 0 Å². The highest BCUT2D eigenvalue weighted by molar-refractivity contribution is 5.67. The monoisotopic (exact) mass is 267 g/mol. The number of carboxylic acids is 1. The second-order valence-corrected chi connectivity index (χ2v) is 4.66. The van der Waals surface area contributed by atoms with Gasteiger partial charge in [0.05, 0.1) is 11.5 Å². The van der Waals surface area contributed by atoms with Crippen LogP contribution >= 0.6 is 0 Å². The van der Waals surface area contributed by atoms with Crippen LogP contribution in [0.1, 0.15) is 25.8 Å². The normalized spacial score (nSPS) is 10.5. The Hall–Kier alpha value is -2.11. The summed E-state index contributed by atoms with van der Waals surface area (Å²) in [5.41, 5.74) is 0.495. The summed E-state index contributed by atoms with van der Waals surface area (Å²) in [5.74, 6) is -0.438. The van der Waals surface area contributed by atoms with Crippen LogP contribution < -0.4 is 4.74 Å². The first-order valence-corrected chi connectivity index (χ1v) is 6.02. The summed E-state index contributed by atoms with van der Waals surface area (Å²) in [6.45, 7) is 4.30. The third-order valence-electron chi connectivity index (χ3n) is 2.42. The molecule has 0 unspecified atom stereocenters. The van der Waals surface area contributed by atoms with E-state index >= 15 is 0 Å². The number of aryl methyl sites for hydroxylation is 1. The van der Waals surface area contributed by atoms with Crippen LogP contribution in [0, 0.1) is 16.0 Å². The highest BCUT2D eigenvalue weighted by Crippen LogP contribution is 2.28. The summed E-state index contributed by atoms with van der Waals surface area (Å²) in [7, 11) is 0. The number of carbonyl (C=O) groups is 1. The number of ether oxygens (including phenoxy) is 1. The van der Waals surface area contributed by atoms with E-state index in [1.165, 1.54) is 12.1 Å². The molecule has 0 spiro atoms. The number of nitro benzene ring substituents is 1. The van der Waals surface area contributed by atoms with E-state index in [0.29, 0.717) is 12.2 Å². The van der Waals surface area contributed by atoms with Crippen LogP contribution in [0.2, 0.25) is 0 Å². The molecule has 0 heterocycles. The topological polar surface area (TPSA) is 89.7 Å². The molecule has 0 aliphatic carbocycles. The molecule has 0 bridgehead atoms. The van der Waals surface area contributed by atoms with Crippen molar-refractivity contribution >= 4 is 11.7 Å². The maximum atomic E-state index is 11.0. The number of hydrogen-bond acceptors (Lipinski definition) is 4. The average Bonchev–Trinajstić information content (AvgIpc) is 2.33. The lowest BCUT2D eigenvalue weighted by atomic mass is 10.1. The van der Waals surface area contributed by atoms with Crippen molar-refractivity contribution in [2.75, 3.05) is 6.61 Å². The molecule has 6 nitrogen and oxygen atoms in total. The lowest BCUT2D eigenvalue weighted by molar-refractivity contribution is -0.386. The molecule has 0 aromatic heterocycles. The Labute approximate surface area is 111 Å². The Bertz CT molecular complexity index is 470. The van der Waals surface area contributed by atoms with Crippen molar-refractivity contribution in [2.24, 2.45) is 5.92 Å². The van der Waals surface area contributed by atoms with Crippen LogP contribution in [0.15, 0.2) is 18.2 Å². The quantitative estimate of drug-likeness (QED) is 0.606. The fraction of sp³-hybridized carbons (Fsp3) is 0.462. The smallest absolute Gasteiger partial charge is 0.311 e. The molecule has 0 radical (unpaired) electrons. The van der Waals surface area contributed by atoms with Gasteiger partial charge in [-0.3, -0.25) is 14.9 Å². The molecule has 0 saturated heterocycles. The van der Waals surface area contributed by atoms with Crippen LogP contribution in [0.5, 0.6) is 5.75 Å². The number of rotatable bonds is 7. The minimum atomic E-state index is -0.928. The van der Waals surface area contributed by atoms with E-state index in [9.17, 15) is 14.9 Å². The van der Waals surface area contributed by atoms with Gasteiger partial charge < -0.3 is 9.84 Å². The van der Waals surface area contributed by atoms with Gasteiger partial charge in [-0.1, -0.05) is 19.9 Å². The highest BCUT2D eigenvalue weighted by atomic mass is 16.6. The SMILES string of the molecule is CC(C)COc1ccc(CCC(=O)O)cc1[N+](=O)[O-]. The molecule has 1 aromatic rings. The zero-order chi connectivity index (χ0) is 14.4. The van der Waals surface area contributed by atoms with E-state index < -0.39 is 10.9 Å². The Morgan fingerprint density at radius 2 is 2.16 bits per heavy atom. The Morgan fingerprint density at radius 3 is 2.68 bits per heavy atom. The zero-order valence-corrected chi connectivity index (χ0v) is 11.0. The van der Waals surface area contributed by atoms with Crippen molar-refractivity contribution in [2.45, 2.75) is 26.7 Å². The van der Waals surface area contributed by atoms with Gasteiger partial charge in [-0.2, -0.15) is 0 Å². The van der Waals surface area contributed by atoms with Crippen molar-refractivity contribution < 1.29 is 19.6 Å². The van der Waals surface area contributed by atoms with Gasteiger partial charge in [0, 0.05) is 12.5 Å². The molecule has 0 amide bonds. The molecule has 1 N–H and O–H groups in total. The molecule has 0 fully saturated rings. The average molecular weight is 267 g/mol. The zero-order valence-electron chi connectivity index (χ0n) is 11.0. The van der Waals surface area contributed by atoms with E-state index in [4.69, 9.17) is 9.84 Å². The third-order valence-corrected chi connectivity index (χ3v) is 2.42. The standard InChI is InChI=1S/C13H17NO5/c1-9(2)8-19-12-5-3-10(4-6-13(15)16)7-11(12)14(17)18/h3,5,7,9H,4,6,8H2,1-2H3,(H,15,16). The summed E-state index contributed by atoms with van der Waals surface area (Å²) in [6, 6.07) is 4.56. The molecular formula is C13H17NO5. The summed E-state index contributed by atoms with van der Waals surface area (Å²) in [6.07, 6.45) is 0.212. The van der Waals surface area contributed by atoms with E-state index in [1.807, 2.05) is 13.8 Å². The van der Waals surface area contributed by atoms with Crippen LogP contribution in [0.3, 0.4) is 0 Å². The van der Waals surface area contributed by atoms with Gasteiger partial charge in [-0.25, -0.2) is 0 Å². The number of aliphatic carboxylic acids is 1. The summed E-state index contributed by atoms with van der Waals surface area (Å²) in [4.78, 5) is 20.9. The maximum Gasteiger partial charge on any atom is 0.311 e. The molecule has 19 heavy (non-hydrogen) atoms. The summed E-state index contributed by atoms with van der Waals surface area (Å²) in [5, 5.41) is 19.6. The fourth-order valence-electron chi connectivity index (χ4n) is 1.49. The second-order valence-electron chi connectivity index (χ2n) is 4.66. The van der Waals surface area contributed by atoms with Gasteiger partial charge in [-0.15, -0.1) is 0 Å². The minimum absolute atomic E-state index is 0.0522. The molecule has 0 aliphatic rings. The molecule has 0 atom stereocenters. The van der Waals surface area contributed by atoms with Crippen LogP contribution in [0.25, 0.3) is 0 Å². The van der Waals surface area contributed by atoms with Crippen molar-refractivity contribution in [3.05, 3.63) is 33.9 Å². The molecule has 1 rings (SSSR count). The number of hydrogen-bond donors (Lipinski definition) is 1. The van der Waals surface area contributed by atoms with E-state index in [-0.39, 0.29) is 30.2 Å².